The van der Waals surface area contributed by atoms with Crippen molar-refractivity contribution < 1.29 is 31.5 Å². The minimum atomic E-state index is -4.76. The maximum atomic E-state index is 13.7. The molecule has 0 radical (unpaired) electrons. The fourth-order valence-corrected chi connectivity index (χ4v) is 4.60. The minimum Gasteiger partial charge on any atom is -0.391 e. The van der Waals surface area contributed by atoms with E-state index in [1.54, 1.807) is 29.2 Å². The molecule has 1 aromatic carbocycles. The molecule has 3 N–H and O–H groups in total. The van der Waals surface area contributed by atoms with E-state index in [4.69, 9.17) is 0 Å². The molecule has 40 heavy (non-hydrogen) atoms. The van der Waals surface area contributed by atoms with E-state index >= 15 is 0 Å². The molecule has 3 aromatic rings. The zero-order chi connectivity index (χ0) is 29.1. The molecule has 2 aromatic heterocycles. The quantitative estimate of drug-likeness (QED) is 0.367. The summed E-state index contributed by atoms with van der Waals surface area (Å²) in [5.74, 6) is -0.809. The number of hydrogen-bond acceptors (Lipinski definition) is 9. The number of likely N-dealkylation sites (tertiary alicyclic amines) is 1. The van der Waals surface area contributed by atoms with Crippen LogP contribution in [-0.2, 0) is 22.7 Å². The molecule has 15 heteroatoms. The SMILES string of the molecule is CN(c1ncccc1CNc1nc(Nc2ccc(C(=O)N3CCC[C@@H](O)C3)cc2)ncc1C(F)(F)F)S(C)(=O)=O. The maximum Gasteiger partial charge on any atom is 0.421 e. The second kappa shape index (κ2) is 11.6. The van der Waals surface area contributed by atoms with Gasteiger partial charge in [0.25, 0.3) is 5.91 Å². The largest absolute Gasteiger partial charge is 0.421 e. The van der Waals surface area contributed by atoms with E-state index in [1.807, 2.05) is 0 Å². The van der Waals surface area contributed by atoms with Crippen LogP contribution in [0.5, 0.6) is 0 Å². The highest BCUT2D eigenvalue weighted by molar-refractivity contribution is 7.92. The number of nitrogens with zero attached hydrogens (tertiary/aromatic N) is 5. The van der Waals surface area contributed by atoms with Crippen molar-refractivity contribution in [1.29, 1.82) is 0 Å². The zero-order valence-corrected chi connectivity index (χ0v) is 22.5. The third-order valence-corrected chi connectivity index (χ3v) is 7.44. The zero-order valence-electron chi connectivity index (χ0n) is 21.7. The van der Waals surface area contributed by atoms with E-state index in [1.165, 1.54) is 25.4 Å². The van der Waals surface area contributed by atoms with Gasteiger partial charge in [-0.1, -0.05) is 6.07 Å². The fourth-order valence-electron chi connectivity index (χ4n) is 4.12. The number of piperidine rings is 1. The Morgan fingerprint density at radius 1 is 1.20 bits per heavy atom. The maximum absolute atomic E-state index is 13.7. The molecule has 0 unspecified atom stereocenters. The predicted octanol–water partition coefficient (Wildman–Crippen LogP) is 3.24. The molecule has 1 aliphatic heterocycles. The molecule has 0 bridgehead atoms. The Labute approximate surface area is 229 Å². The molecule has 1 aliphatic rings. The van der Waals surface area contributed by atoms with Crippen LogP contribution in [0.1, 0.15) is 34.3 Å². The van der Waals surface area contributed by atoms with Gasteiger partial charge in [0.15, 0.2) is 0 Å². The van der Waals surface area contributed by atoms with Crippen molar-refractivity contribution >= 4 is 39.2 Å². The highest BCUT2D eigenvalue weighted by Crippen LogP contribution is 2.34. The van der Waals surface area contributed by atoms with Crippen LogP contribution >= 0.6 is 0 Å². The molecular weight excluding hydrogens is 551 g/mol. The third-order valence-electron chi connectivity index (χ3n) is 6.28. The topological polar surface area (TPSA) is 141 Å². The smallest absolute Gasteiger partial charge is 0.391 e. The number of amides is 1. The third kappa shape index (κ3) is 6.96. The molecule has 3 heterocycles. The molecular formula is C25H28F3N7O4S. The lowest BCUT2D eigenvalue weighted by atomic mass is 10.1. The van der Waals surface area contributed by atoms with Crippen LogP contribution in [0.25, 0.3) is 0 Å². The van der Waals surface area contributed by atoms with Crippen LogP contribution in [0, 0.1) is 0 Å². The lowest BCUT2D eigenvalue weighted by Gasteiger charge is -2.30. The van der Waals surface area contributed by atoms with Crippen molar-refractivity contribution in [2.75, 3.05) is 41.3 Å². The first kappa shape index (κ1) is 29.0. The van der Waals surface area contributed by atoms with Gasteiger partial charge in [0.2, 0.25) is 16.0 Å². The average molecular weight is 580 g/mol. The Balaban J connectivity index is 1.52. The molecule has 11 nitrogen and oxygen atoms in total. The number of sulfonamides is 1. The van der Waals surface area contributed by atoms with E-state index in [9.17, 15) is 31.5 Å². The van der Waals surface area contributed by atoms with Crippen LogP contribution in [0.2, 0.25) is 0 Å². The summed E-state index contributed by atoms with van der Waals surface area (Å²) in [4.78, 5) is 26.1. The number of aliphatic hydroxyl groups is 1. The Morgan fingerprint density at radius 2 is 1.93 bits per heavy atom. The van der Waals surface area contributed by atoms with Gasteiger partial charge in [-0.3, -0.25) is 9.10 Å². The van der Waals surface area contributed by atoms with Crippen LogP contribution in [0.15, 0.2) is 48.8 Å². The Bertz CT molecular complexity index is 1470. The number of anilines is 4. The minimum absolute atomic E-state index is 0.0622. The van der Waals surface area contributed by atoms with E-state index in [2.05, 4.69) is 25.6 Å². The predicted molar refractivity (Wildman–Crippen MR) is 143 cm³/mol. The lowest BCUT2D eigenvalue weighted by Crippen LogP contribution is -2.42. The van der Waals surface area contributed by atoms with Crippen molar-refractivity contribution in [2.24, 2.45) is 0 Å². The molecule has 1 fully saturated rings. The summed E-state index contributed by atoms with van der Waals surface area (Å²) < 4.78 is 66.0. The molecule has 0 spiro atoms. The van der Waals surface area contributed by atoms with Crippen LogP contribution in [-0.4, -0.2) is 71.8 Å². The number of aromatic nitrogens is 3. The van der Waals surface area contributed by atoms with Crippen LogP contribution in [0.4, 0.5) is 36.4 Å². The molecule has 1 amide bonds. The summed E-state index contributed by atoms with van der Waals surface area (Å²) in [5, 5.41) is 15.3. The number of pyridine rings is 1. The first-order chi connectivity index (χ1) is 18.8. The number of halogens is 3. The molecule has 0 aliphatic carbocycles. The van der Waals surface area contributed by atoms with Gasteiger partial charge in [0.1, 0.15) is 17.2 Å². The second-order valence-corrected chi connectivity index (χ2v) is 11.3. The van der Waals surface area contributed by atoms with Crippen molar-refractivity contribution in [3.63, 3.8) is 0 Å². The fraction of sp³-hybridized carbons (Fsp3) is 0.360. The van der Waals surface area contributed by atoms with Gasteiger partial charge in [-0.05, 0) is 43.2 Å². The van der Waals surface area contributed by atoms with Gasteiger partial charge in [-0.25, -0.2) is 18.4 Å². The average Bonchev–Trinajstić information content (AvgIpc) is 2.90. The van der Waals surface area contributed by atoms with E-state index < -0.39 is 33.7 Å². The summed E-state index contributed by atoms with van der Waals surface area (Å²) in [5.41, 5.74) is 0.0645. The van der Waals surface area contributed by atoms with Crippen molar-refractivity contribution in [2.45, 2.75) is 31.7 Å². The highest BCUT2D eigenvalue weighted by Gasteiger charge is 2.35. The van der Waals surface area contributed by atoms with Gasteiger partial charge in [-0.2, -0.15) is 18.2 Å². The number of hydrogen-bond donors (Lipinski definition) is 3. The van der Waals surface area contributed by atoms with E-state index in [0.717, 1.165) is 10.6 Å². The van der Waals surface area contributed by atoms with Gasteiger partial charge in [0, 0.05) is 55.9 Å². The first-order valence-corrected chi connectivity index (χ1v) is 14.1. The number of aliphatic hydroxyl groups excluding tert-OH is 1. The second-order valence-electron chi connectivity index (χ2n) is 9.27. The number of rotatable bonds is 8. The summed E-state index contributed by atoms with van der Waals surface area (Å²) in [6.45, 7) is 0.611. The molecule has 0 saturated carbocycles. The molecule has 4 rings (SSSR count). The summed E-state index contributed by atoms with van der Waals surface area (Å²) in [6, 6.07) is 9.36. The van der Waals surface area contributed by atoms with E-state index in [0.29, 0.717) is 42.4 Å². The van der Waals surface area contributed by atoms with Crippen LogP contribution in [0.3, 0.4) is 0 Å². The summed E-state index contributed by atoms with van der Waals surface area (Å²) in [7, 11) is -2.36. The number of carbonyl (C=O) groups excluding carboxylic acids is 1. The number of β-amino-alcohol motifs (C(OH)–C–C–N with tert-alkyl or cyclic N) is 1. The molecule has 214 valence electrons. The van der Waals surface area contributed by atoms with Gasteiger partial charge < -0.3 is 20.6 Å². The number of benzene rings is 1. The molecule has 1 saturated heterocycles. The molecule has 1 atom stereocenters. The van der Waals surface area contributed by atoms with Crippen molar-refractivity contribution in [3.8, 4) is 0 Å². The van der Waals surface area contributed by atoms with Gasteiger partial charge in [0.05, 0.1) is 12.4 Å². The monoisotopic (exact) mass is 579 g/mol. The number of alkyl halides is 3. The Hall–Kier alpha value is -3.98. The van der Waals surface area contributed by atoms with Crippen LogP contribution < -0.4 is 14.9 Å². The first-order valence-electron chi connectivity index (χ1n) is 12.2. The Morgan fingerprint density at radius 3 is 2.58 bits per heavy atom. The number of carbonyl (C=O) groups is 1. The Kier molecular flexibility index (Phi) is 8.44. The summed E-state index contributed by atoms with van der Waals surface area (Å²) >= 11 is 0. The lowest BCUT2D eigenvalue weighted by molar-refractivity contribution is -0.137. The highest BCUT2D eigenvalue weighted by atomic mass is 32.2. The number of nitrogens with one attached hydrogen (secondary N) is 2. The van der Waals surface area contributed by atoms with Gasteiger partial charge in [-0.15, -0.1) is 0 Å². The van der Waals surface area contributed by atoms with E-state index in [-0.39, 0.29) is 30.8 Å². The summed E-state index contributed by atoms with van der Waals surface area (Å²) in [6.07, 6.45) is -0.936. The normalized spacial score (nSPS) is 15.9. The van der Waals surface area contributed by atoms with Crippen molar-refractivity contribution in [3.05, 3.63) is 65.5 Å². The van der Waals surface area contributed by atoms with Crippen molar-refractivity contribution in [1.82, 2.24) is 19.9 Å². The van der Waals surface area contributed by atoms with Gasteiger partial charge >= 0.3 is 6.18 Å². The standard InChI is InChI=1S/C25H28F3N7O4S/c1-34(40(2,38)39)22-17(5-3-11-29-22)13-30-21-20(25(26,27)28)14-31-24(33-21)32-18-9-7-16(8-10-18)23(37)35-12-4-6-19(36)15-35/h3,5,7-11,14,19,36H,4,6,12-13,15H2,1-2H3,(H2,30,31,32,33)/t19-/m1/s1.